The van der Waals surface area contributed by atoms with Crippen LogP contribution >= 0.6 is 12.4 Å². The quantitative estimate of drug-likeness (QED) is 0.868. The number of phenols is 1. The molecule has 0 spiro atoms. The van der Waals surface area contributed by atoms with Gasteiger partial charge in [0.15, 0.2) is 0 Å². The second-order valence-electron chi connectivity index (χ2n) is 6.31. The summed E-state index contributed by atoms with van der Waals surface area (Å²) in [6.07, 6.45) is 4.77. The van der Waals surface area contributed by atoms with Gasteiger partial charge in [-0.2, -0.15) is 0 Å². The van der Waals surface area contributed by atoms with Gasteiger partial charge in [-0.05, 0) is 68.5 Å². The number of hydrogen-bond acceptors (Lipinski definition) is 2. The number of halogens is 1. The van der Waals surface area contributed by atoms with E-state index < -0.39 is 0 Å². The van der Waals surface area contributed by atoms with Gasteiger partial charge in [0.1, 0.15) is 5.75 Å². The molecule has 1 aromatic carbocycles. The molecule has 1 aliphatic rings. The molecule has 1 aromatic heterocycles. The predicted octanol–water partition coefficient (Wildman–Crippen LogP) is 4.13. The van der Waals surface area contributed by atoms with Crippen LogP contribution in [0.3, 0.4) is 0 Å². The highest BCUT2D eigenvalue weighted by atomic mass is 35.5. The number of fused-ring (bicyclic) bond motifs is 3. The Bertz CT molecular complexity index is 623. The Balaban J connectivity index is 0.00000176. The minimum atomic E-state index is 0. The van der Waals surface area contributed by atoms with E-state index in [0.717, 1.165) is 25.3 Å². The van der Waals surface area contributed by atoms with Crippen LogP contribution in [-0.4, -0.2) is 34.6 Å². The van der Waals surface area contributed by atoms with E-state index >= 15 is 0 Å². The molecule has 1 aliphatic carbocycles. The molecule has 3 nitrogen and oxygen atoms in total. The fourth-order valence-corrected chi connectivity index (χ4v) is 3.69. The molecule has 0 fully saturated rings. The van der Waals surface area contributed by atoms with Gasteiger partial charge in [-0.3, -0.25) is 0 Å². The molecule has 0 radical (unpaired) electrons. The number of nitrogens with zero attached hydrogens (tertiary/aromatic N) is 1. The lowest BCUT2D eigenvalue weighted by molar-refractivity contribution is 0.229. The SMILES string of the molecule is CCCN(CC)CC1CCc2[nH]c3ccc(O)cc3c2C1.Cl. The summed E-state index contributed by atoms with van der Waals surface area (Å²) in [5.41, 5.74) is 3.98. The molecular formula is C18H27ClN2O. The lowest BCUT2D eigenvalue weighted by atomic mass is 9.86. The van der Waals surface area contributed by atoms with Crippen LogP contribution in [0.25, 0.3) is 10.9 Å². The summed E-state index contributed by atoms with van der Waals surface area (Å²) in [4.78, 5) is 6.10. The maximum absolute atomic E-state index is 9.75. The zero-order chi connectivity index (χ0) is 14.8. The van der Waals surface area contributed by atoms with Crippen LogP contribution in [0.4, 0.5) is 0 Å². The number of phenolic OH excluding ortho intramolecular Hbond substituents is 1. The Morgan fingerprint density at radius 1 is 1.32 bits per heavy atom. The maximum atomic E-state index is 9.75. The second kappa shape index (κ2) is 7.38. The Morgan fingerprint density at radius 2 is 2.14 bits per heavy atom. The van der Waals surface area contributed by atoms with Gasteiger partial charge in [-0.1, -0.05) is 13.8 Å². The summed E-state index contributed by atoms with van der Waals surface area (Å²) in [5.74, 6) is 1.11. The molecular weight excluding hydrogens is 296 g/mol. The third kappa shape index (κ3) is 3.41. The maximum Gasteiger partial charge on any atom is 0.116 e. The highest BCUT2D eigenvalue weighted by Gasteiger charge is 2.23. The van der Waals surface area contributed by atoms with E-state index in [-0.39, 0.29) is 12.4 Å². The van der Waals surface area contributed by atoms with Crippen molar-refractivity contribution in [2.75, 3.05) is 19.6 Å². The Hall–Kier alpha value is -1.19. The van der Waals surface area contributed by atoms with E-state index in [4.69, 9.17) is 0 Å². The zero-order valence-corrected chi connectivity index (χ0v) is 14.4. The zero-order valence-electron chi connectivity index (χ0n) is 13.6. The van der Waals surface area contributed by atoms with Crippen molar-refractivity contribution < 1.29 is 5.11 Å². The van der Waals surface area contributed by atoms with Gasteiger partial charge >= 0.3 is 0 Å². The third-order valence-electron chi connectivity index (χ3n) is 4.78. The first-order chi connectivity index (χ1) is 10.2. The van der Waals surface area contributed by atoms with Crippen LogP contribution in [0.5, 0.6) is 5.75 Å². The van der Waals surface area contributed by atoms with Crippen molar-refractivity contribution >= 4 is 23.3 Å². The molecule has 4 heteroatoms. The highest BCUT2D eigenvalue weighted by molar-refractivity contribution is 5.86. The van der Waals surface area contributed by atoms with E-state index in [1.54, 1.807) is 6.07 Å². The standard InChI is InChI=1S/C18H26N2O.ClH/c1-3-9-20(4-2)12-13-5-7-17-15(10-13)16-11-14(21)6-8-18(16)19-17;/h6,8,11,13,19,21H,3-5,7,9-10,12H2,1-2H3;1H. The van der Waals surface area contributed by atoms with E-state index in [9.17, 15) is 5.11 Å². The Morgan fingerprint density at radius 3 is 2.86 bits per heavy atom. The number of aromatic hydroxyl groups is 1. The van der Waals surface area contributed by atoms with Gasteiger partial charge in [-0.15, -0.1) is 12.4 Å². The summed E-state index contributed by atoms with van der Waals surface area (Å²) in [6.45, 7) is 8.06. The molecule has 1 heterocycles. The average molecular weight is 323 g/mol. The van der Waals surface area contributed by atoms with Crippen molar-refractivity contribution in [3.05, 3.63) is 29.5 Å². The number of nitrogens with one attached hydrogen (secondary N) is 1. The smallest absolute Gasteiger partial charge is 0.116 e. The van der Waals surface area contributed by atoms with Crippen LogP contribution < -0.4 is 0 Å². The molecule has 22 heavy (non-hydrogen) atoms. The number of hydrogen-bond donors (Lipinski definition) is 2. The third-order valence-corrected chi connectivity index (χ3v) is 4.78. The number of H-pyrrole nitrogens is 1. The van der Waals surface area contributed by atoms with Gasteiger partial charge < -0.3 is 15.0 Å². The van der Waals surface area contributed by atoms with Crippen LogP contribution in [0, 0.1) is 5.92 Å². The molecule has 0 saturated carbocycles. The molecule has 2 aromatic rings. The minimum absolute atomic E-state index is 0. The number of rotatable bonds is 5. The largest absolute Gasteiger partial charge is 0.508 e. The molecule has 0 saturated heterocycles. The summed E-state index contributed by atoms with van der Waals surface area (Å²) < 4.78 is 0. The molecule has 1 unspecified atom stereocenters. The normalized spacial score (nSPS) is 17.5. The molecule has 0 aliphatic heterocycles. The molecule has 0 bridgehead atoms. The topological polar surface area (TPSA) is 39.3 Å². The van der Waals surface area contributed by atoms with Crippen LogP contribution in [0.1, 0.15) is 37.9 Å². The van der Waals surface area contributed by atoms with E-state index in [1.807, 2.05) is 12.1 Å². The first kappa shape index (κ1) is 17.2. The van der Waals surface area contributed by atoms with E-state index in [0.29, 0.717) is 5.75 Å². The molecule has 2 N–H and O–H groups in total. The van der Waals surface area contributed by atoms with Gasteiger partial charge in [0, 0.05) is 23.1 Å². The van der Waals surface area contributed by atoms with Crippen LogP contribution in [0.2, 0.25) is 0 Å². The van der Waals surface area contributed by atoms with Crippen molar-refractivity contribution in [2.24, 2.45) is 5.92 Å². The minimum Gasteiger partial charge on any atom is -0.508 e. The van der Waals surface area contributed by atoms with E-state index in [2.05, 4.69) is 23.7 Å². The van der Waals surface area contributed by atoms with Crippen molar-refractivity contribution in [1.29, 1.82) is 0 Å². The number of aryl methyl sites for hydroxylation is 1. The molecule has 122 valence electrons. The molecule has 3 rings (SSSR count). The van der Waals surface area contributed by atoms with Crippen molar-refractivity contribution in [3.8, 4) is 5.75 Å². The Labute approximate surface area is 139 Å². The fraction of sp³-hybridized carbons (Fsp3) is 0.556. The van der Waals surface area contributed by atoms with E-state index in [1.165, 1.54) is 48.1 Å². The second-order valence-corrected chi connectivity index (χ2v) is 6.31. The van der Waals surface area contributed by atoms with Gasteiger partial charge in [0.05, 0.1) is 0 Å². The van der Waals surface area contributed by atoms with Gasteiger partial charge in [-0.25, -0.2) is 0 Å². The molecule has 1 atom stereocenters. The molecule has 0 amide bonds. The van der Waals surface area contributed by atoms with Crippen molar-refractivity contribution in [3.63, 3.8) is 0 Å². The summed E-state index contributed by atoms with van der Waals surface area (Å²) in [7, 11) is 0. The Kier molecular flexibility index (Phi) is 5.76. The summed E-state index contributed by atoms with van der Waals surface area (Å²) in [6, 6.07) is 5.67. The van der Waals surface area contributed by atoms with Crippen LogP contribution in [-0.2, 0) is 12.8 Å². The first-order valence-electron chi connectivity index (χ1n) is 8.26. The monoisotopic (exact) mass is 322 g/mol. The lowest BCUT2D eigenvalue weighted by Gasteiger charge is -2.29. The van der Waals surface area contributed by atoms with Crippen molar-refractivity contribution in [1.82, 2.24) is 9.88 Å². The first-order valence-corrected chi connectivity index (χ1v) is 8.26. The highest BCUT2D eigenvalue weighted by Crippen LogP contribution is 2.33. The predicted molar refractivity (Wildman–Crippen MR) is 95.1 cm³/mol. The van der Waals surface area contributed by atoms with Gasteiger partial charge in [0.25, 0.3) is 0 Å². The summed E-state index contributed by atoms with van der Waals surface area (Å²) >= 11 is 0. The fourth-order valence-electron chi connectivity index (χ4n) is 3.69. The number of benzene rings is 1. The summed E-state index contributed by atoms with van der Waals surface area (Å²) in [5, 5.41) is 11.0. The average Bonchev–Trinajstić information content (AvgIpc) is 2.84. The van der Waals surface area contributed by atoms with Crippen LogP contribution in [0.15, 0.2) is 18.2 Å². The number of aromatic nitrogens is 1. The lowest BCUT2D eigenvalue weighted by Crippen LogP contribution is -2.32. The van der Waals surface area contributed by atoms with Gasteiger partial charge in [0.2, 0.25) is 0 Å². The number of aromatic amines is 1. The van der Waals surface area contributed by atoms with Crippen molar-refractivity contribution in [2.45, 2.75) is 39.5 Å².